The van der Waals surface area contributed by atoms with E-state index in [0.717, 1.165) is 5.51 Å². The van der Waals surface area contributed by atoms with Crippen LogP contribution in [-0.4, -0.2) is 31.5 Å². The monoisotopic (exact) mass is 304 g/mol. The van der Waals surface area contributed by atoms with Gasteiger partial charge in [-0.3, -0.25) is 4.72 Å². The molecule has 0 unspecified atom stereocenters. The number of hydrogen-bond acceptors (Lipinski definition) is 6. The predicted octanol–water partition coefficient (Wildman–Crippen LogP) is 1.58. The molecular weight excluding hydrogens is 297 g/mol. The summed E-state index contributed by atoms with van der Waals surface area (Å²) in [5.41, 5.74) is -4.46. The van der Waals surface area contributed by atoms with Gasteiger partial charge in [-0.05, 0) is 6.92 Å². The first-order valence-electron chi connectivity index (χ1n) is 4.38. The maximum Gasteiger partial charge on any atom is 0.516 e. The first kappa shape index (κ1) is 14.7. The smallest absolute Gasteiger partial charge is 0.462 e. The van der Waals surface area contributed by atoms with E-state index < -0.39 is 27.3 Å². The van der Waals surface area contributed by atoms with Gasteiger partial charge in [0.25, 0.3) is 0 Å². The molecule has 0 aliphatic carbocycles. The van der Waals surface area contributed by atoms with E-state index in [9.17, 15) is 26.4 Å². The van der Waals surface area contributed by atoms with Crippen molar-refractivity contribution in [1.29, 1.82) is 0 Å². The van der Waals surface area contributed by atoms with Crippen LogP contribution in [0.5, 0.6) is 0 Å². The molecule has 0 radical (unpaired) electrons. The predicted molar refractivity (Wildman–Crippen MR) is 56.7 cm³/mol. The van der Waals surface area contributed by atoms with E-state index in [1.807, 2.05) is 0 Å². The lowest BCUT2D eigenvalue weighted by Gasteiger charge is -2.09. The Morgan fingerprint density at radius 3 is 2.67 bits per heavy atom. The average Bonchev–Trinajstić information content (AvgIpc) is 2.63. The molecule has 1 aromatic rings. The molecule has 11 heteroatoms. The average molecular weight is 304 g/mol. The van der Waals surface area contributed by atoms with Gasteiger partial charge in [0.15, 0.2) is 10.7 Å². The third-order valence-electron chi connectivity index (χ3n) is 1.56. The zero-order chi connectivity index (χ0) is 14.0. The quantitative estimate of drug-likeness (QED) is 0.854. The summed E-state index contributed by atoms with van der Waals surface area (Å²) in [5, 5.41) is 0. The highest BCUT2D eigenvalue weighted by atomic mass is 32.2. The molecule has 1 aromatic heterocycles. The molecular formula is C7H7F3N2O4S2. The topological polar surface area (TPSA) is 85.4 Å². The van der Waals surface area contributed by atoms with Crippen molar-refractivity contribution in [3.05, 3.63) is 10.4 Å². The standard InChI is InChI=1S/C7H7F3N2O4S2/c1-2-16-6(13)4-5(11-3-17-4)12-18(14,15)7(8,9)10/h3,12H,2H2,1H3. The van der Waals surface area contributed by atoms with E-state index in [-0.39, 0.29) is 11.5 Å². The van der Waals surface area contributed by atoms with E-state index in [1.54, 1.807) is 0 Å². The van der Waals surface area contributed by atoms with Crippen LogP contribution >= 0.6 is 11.3 Å². The fraction of sp³-hybridized carbons (Fsp3) is 0.429. The molecule has 0 aliphatic heterocycles. The number of ether oxygens (including phenoxy) is 1. The molecule has 0 fully saturated rings. The Bertz CT molecular complexity index is 537. The molecule has 0 bridgehead atoms. The maximum atomic E-state index is 12.1. The molecule has 6 nitrogen and oxygen atoms in total. The van der Waals surface area contributed by atoms with Crippen LogP contribution in [0.25, 0.3) is 0 Å². The maximum absolute atomic E-state index is 12.1. The first-order valence-corrected chi connectivity index (χ1v) is 6.75. The summed E-state index contributed by atoms with van der Waals surface area (Å²) in [6.45, 7) is 1.50. The Kier molecular flexibility index (Phi) is 4.16. The molecule has 0 amide bonds. The molecule has 0 spiro atoms. The highest BCUT2D eigenvalue weighted by Crippen LogP contribution is 2.28. The van der Waals surface area contributed by atoms with E-state index in [4.69, 9.17) is 0 Å². The molecule has 1 heterocycles. The van der Waals surface area contributed by atoms with Crippen LogP contribution in [0, 0.1) is 0 Å². The Morgan fingerprint density at radius 1 is 1.56 bits per heavy atom. The van der Waals surface area contributed by atoms with E-state index in [2.05, 4.69) is 9.72 Å². The summed E-state index contributed by atoms with van der Waals surface area (Å²) >= 11 is 0.669. The van der Waals surface area contributed by atoms with Crippen molar-refractivity contribution in [1.82, 2.24) is 4.98 Å². The molecule has 0 aliphatic rings. The summed E-state index contributed by atoms with van der Waals surface area (Å²) in [6.07, 6.45) is 0. The lowest BCUT2D eigenvalue weighted by Crippen LogP contribution is -2.30. The van der Waals surface area contributed by atoms with Crippen LogP contribution in [0.3, 0.4) is 0 Å². The van der Waals surface area contributed by atoms with E-state index in [0.29, 0.717) is 11.3 Å². The number of nitrogens with one attached hydrogen (secondary N) is 1. The van der Waals surface area contributed by atoms with Gasteiger partial charge in [-0.1, -0.05) is 0 Å². The van der Waals surface area contributed by atoms with Crippen molar-refractivity contribution < 1.29 is 31.1 Å². The largest absolute Gasteiger partial charge is 0.516 e. The molecule has 102 valence electrons. The van der Waals surface area contributed by atoms with Gasteiger partial charge in [0.2, 0.25) is 0 Å². The molecule has 1 N–H and O–H groups in total. The normalized spacial score (nSPS) is 12.2. The number of anilines is 1. The summed E-state index contributed by atoms with van der Waals surface area (Å²) in [6, 6.07) is 0. The van der Waals surface area contributed by atoms with Crippen LogP contribution in [0.4, 0.5) is 19.0 Å². The number of thiazole rings is 1. The highest BCUT2D eigenvalue weighted by Gasteiger charge is 2.46. The zero-order valence-corrected chi connectivity index (χ0v) is 10.4. The number of esters is 1. The van der Waals surface area contributed by atoms with Gasteiger partial charge in [-0.25, -0.2) is 9.78 Å². The zero-order valence-electron chi connectivity index (χ0n) is 8.82. The minimum Gasteiger partial charge on any atom is -0.462 e. The molecule has 0 aromatic carbocycles. The number of carbonyl (C=O) groups excluding carboxylic acids is 1. The third kappa shape index (κ3) is 3.10. The SMILES string of the molecule is CCOC(=O)c1scnc1NS(=O)(=O)C(F)(F)F. The number of aromatic nitrogens is 1. The summed E-state index contributed by atoms with van der Waals surface area (Å²) in [7, 11) is -5.61. The Labute approximate surface area is 104 Å². The van der Waals surface area contributed by atoms with E-state index >= 15 is 0 Å². The number of sulfonamides is 1. The van der Waals surface area contributed by atoms with Crippen LogP contribution in [0.1, 0.15) is 16.6 Å². The Balaban J connectivity index is 3.01. The summed E-state index contributed by atoms with van der Waals surface area (Å²) < 4.78 is 63.7. The second-order valence-corrected chi connectivity index (χ2v) is 5.33. The van der Waals surface area contributed by atoms with Crippen molar-refractivity contribution in [2.45, 2.75) is 12.4 Å². The van der Waals surface area contributed by atoms with Crippen LogP contribution in [-0.2, 0) is 14.8 Å². The number of hydrogen-bond donors (Lipinski definition) is 1. The van der Waals surface area contributed by atoms with Gasteiger partial charge in [0.05, 0.1) is 12.1 Å². The molecule has 18 heavy (non-hydrogen) atoms. The number of nitrogens with zero attached hydrogens (tertiary/aromatic N) is 1. The Morgan fingerprint density at radius 2 is 2.17 bits per heavy atom. The van der Waals surface area contributed by atoms with Gasteiger partial charge in [-0.2, -0.15) is 21.6 Å². The number of rotatable bonds is 4. The minimum atomic E-state index is -5.61. The summed E-state index contributed by atoms with van der Waals surface area (Å²) in [4.78, 5) is 14.3. The summed E-state index contributed by atoms with van der Waals surface area (Å²) in [5.74, 6) is -1.64. The van der Waals surface area contributed by atoms with Crippen LogP contribution in [0.2, 0.25) is 0 Å². The third-order valence-corrected chi connectivity index (χ3v) is 3.44. The fourth-order valence-corrected chi connectivity index (χ4v) is 2.07. The molecule has 1 rings (SSSR count). The van der Waals surface area contributed by atoms with Gasteiger partial charge >= 0.3 is 21.5 Å². The lowest BCUT2D eigenvalue weighted by atomic mass is 10.5. The van der Waals surface area contributed by atoms with Crippen molar-refractivity contribution in [2.75, 3.05) is 11.3 Å². The van der Waals surface area contributed by atoms with Gasteiger partial charge in [0, 0.05) is 0 Å². The van der Waals surface area contributed by atoms with Crippen LogP contribution < -0.4 is 4.72 Å². The fourth-order valence-electron chi connectivity index (χ4n) is 0.845. The Hall–Kier alpha value is -1.36. The van der Waals surface area contributed by atoms with Crippen molar-refractivity contribution in [2.24, 2.45) is 0 Å². The van der Waals surface area contributed by atoms with Crippen molar-refractivity contribution >= 4 is 33.1 Å². The number of halogens is 3. The van der Waals surface area contributed by atoms with Crippen LogP contribution in [0.15, 0.2) is 5.51 Å². The highest BCUT2D eigenvalue weighted by molar-refractivity contribution is 7.93. The van der Waals surface area contributed by atoms with Gasteiger partial charge in [0.1, 0.15) is 0 Å². The van der Waals surface area contributed by atoms with Crippen molar-refractivity contribution in [3.8, 4) is 0 Å². The van der Waals surface area contributed by atoms with Crippen molar-refractivity contribution in [3.63, 3.8) is 0 Å². The molecule has 0 saturated carbocycles. The van der Waals surface area contributed by atoms with Gasteiger partial charge < -0.3 is 4.74 Å². The van der Waals surface area contributed by atoms with Gasteiger partial charge in [-0.15, -0.1) is 11.3 Å². The number of carbonyl (C=O) groups is 1. The molecule has 0 saturated heterocycles. The minimum absolute atomic E-state index is 0.00218. The lowest BCUT2D eigenvalue weighted by molar-refractivity contribution is -0.0429. The first-order chi connectivity index (χ1) is 8.19. The number of alkyl halides is 3. The van der Waals surface area contributed by atoms with E-state index in [1.165, 1.54) is 11.6 Å². The second-order valence-electron chi connectivity index (χ2n) is 2.80. The second kappa shape index (κ2) is 5.10. The molecule has 0 atom stereocenters.